The van der Waals surface area contributed by atoms with Crippen molar-refractivity contribution in [3.05, 3.63) is 29.8 Å². The number of carboxylic acids is 2. The lowest BCUT2D eigenvalue weighted by molar-refractivity contribution is -0.150. The monoisotopic (exact) mass is 196 g/mol. The van der Waals surface area contributed by atoms with Crippen LogP contribution in [0.5, 0.6) is 5.75 Å². The number of benzene rings is 1. The normalized spacial score (nSPS) is 10.1. The average Bonchev–Trinajstić information content (AvgIpc) is 2.02. The van der Waals surface area contributed by atoms with Gasteiger partial charge in [0.25, 0.3) is 0 Å². The molecule has 0 atom stereocenters. The van der Waals surface area contributed by atoms with Crippen LogP contribution in [0.1, 0.15) is 11.5 Å². The Morgan fingerprint density at radius 2 is 1.71 bits per heavy atom. The van der Waals surface area contributed by atoms with E-state index in [1.54, 1.807) is 0 Å². The summed E-state index contributed by atoms with van der Waals surface area (Å²) in [4.78, 5) is 21.2. The molecule has 5 nitrogen and oxygen atoms in total. The molecule has 0 aliphatic carbocycles. The molecule has 0 aromatic heterocycles. The quantitative estimate of drug-likeness (QED) is 0.617. The van der Waals surface area contributed by atoms with Gasteiger partial charge in [0.05, 0.1) is 0 Å². The first-order valence-electron chi connectivity index (χ1n) is 3.77. The minimum Gasteiger partial charge on any atom is -0.508 e. The summed E-state index contributed by atoms with van der Waals surface area (Å²) in [6.07, 6.45) is 0. The maximum atomic E-state index is 10.6. The Kier molecular flexibility index (Phi) is 2.71. The van der Waals surface area contributed by atoms with Crippen LogP contribution in [0.15, 0.2) is 24.3 Å². The molecule has 3 N–H and O–H groups in total. The summed E-state index contributed by atoms with van der Waals surface area (Å²) in [6, 6.07) is 5.19. The maximum Gasteiger partial charge on any atom is 0.322 e. The molecular formula is C9H8O5. The Morgan fingerprint density at radius 3 is 2.14 bits per heavy atom. The number of phenolic OH excluding ortho intramolecular Hbond substituents is 1. The van der Waals surface area contributed by atoms with Gasteiger partial charge in [-0.1, -0.05) is 12.1 Å². The van der Waals surface area contributed by atoms with Crippen molar-refractivity contribution in [3.8, 4) is 5.75 Å². The van der Waals surface area contributed by atoms with Gasteiger partial charge in [-0.3, -0.25) is 9.59 Å². The van der Waals surface area contributed by atoms with Crippen molar-refractivity contribution in [3.63, 3.8) is 0 Å². The van der Waals surface area contributed by atoms with Gasteiger partial charge in [0.15, 0.2) is 5.92 Å². The summed E-state index contributed by atoms with van der Waals surface area (Å²) in [5, 5.41) is 26.3. The van der Waals surface area contributed by atoms with Gasteiger partial charge in [-0.15, -0.1) is 0 Å². The molecule has 0 fully saturated rings. The van der Waals surface area contributed by atoms with E-state index in [0.717, 1.165) is 6.07 Å². The van der Waals surface area contributed by atoms with E-state index in [1.165, 1.54) is 18.2 Å². The predicted octanol–water partition coefficient (Wildman–Crippen LogP) is 0.645. The molecule has 0 heterocycles. The summed E-state index contributed by atoms with van der Waals surface area (Å²) >= 11 is 0. The van der Waals surface area contributed by atoms with Crippen LogP contribution in [0.2, 0.25) is 0 Å². The molecular weight excluding hydrogens is 188 g/mol. The minimum absolute atomic E-state index is 0.0463. The molecule has 0 saturated heterocycles. The number of hydrogen-bond acceptors (Lipinski definition) is 3. The Balaban J connectivity index is 3.12. The van der Waals surface area contributed by atoms with Crippen LogP contribution in [-0.4, -0.2) is 27.3 Å². The molecule has 1 aromatic rings. The Bertz CT molecular complexity index is 357. The van der Waals surface area contributed by atoms with Crippen molar-refractivity contribution in [2.75, 3.05) is 0 Å². The number of carbonyl (C=O) groups is 2. The largest absolute Gasteiger partial charge is 0.508 e. The SMILES string of the molecule is O=C(O)C(C(=O)O)c1cccc(O)c1. The van der Waals surface area contributed by atoms with Gasteiger partial charge in [-0.05, 0) is 17.7 Å². The van der Waals surface area contributed by atoms with Crippen LogP contribution < -0.4 is 0 Å². The Hall–Kier alpha value is -2.04. The van der Waals surface area contributed by atoms with Crippen LogP contribution in [0.25, 0.3) is 0 Å². The first-order valence-corrected chi connectivity index (χ1v) is 3.77. The number of aromatic hydroxyl groups is 1. The highest BCUT2D eigenvalue weighted by Crippen LogP contribution is 2.20. The van der Waals surface area contributed by atoms with Gasteiger partial charge >= 0.3 is 11.9 Å². The second-order valence-electron chi connectivity index (χ2n) is 2.70. The smallest absolute Gasteiger partial charge is 0.322 e. The zero-order valence-corrected chi connectivity index (χ0v) is 7.04. The second-order valence-corrected chi connectivity index (χ2v) is 2.70. The molecule has 0 radical (unpaired) electrons. The maximum absolute atomic E-state index is 10.6. The lowest BCUT2D eigenvalue weighted by Crippen LogP contribution is -2.20. The van der Waals surface area contributed by atoms with Gasteiger partial charge in [0.2, 0.25) is 0 Å². The standard InChI is InChI=1S/C9H8O5/c10-6-3-1-2-5(4-6)7(8(11)12)9(13)14/h1-4,7,10H,(H,11,12)(H,13,14). The molecule has 5 heteroatoms. The fourth-order valence-electron chi connectivity index (χ4n) is 1.10. The molecule has 1 aromatic carbocycles. The van der Waals surface area contributed by atoms with Crippen molar-refractivity contribution in [2.45, 2.75) is 5.92 Å². The first kappa shape index (κ1) is 10.0. The van der Waals surface area contributed by atoms with Crippen LogP contribution in [-0.2, 0) is 9.59 Å². The van der Waals surface area contributed by atoms with Crippen LogP contribution >= 0.6 is 0 Å². The molecule has 1 rings (SSSR count). The van der Waals surface area contributed by atoms with E-state index in [-0.39, 0.29) is 11.3 Å². The first-order chi connectivity index (χ1) is 6.52. The lowest BCUT2D eigenvalue weighted by Gasteiger charge is -2.07. The molecule has 0 bridgehead atoms. The van der Waals surface area contributed by atoms with E-state index in [1.807, 2.05) is 0 Å². The van der Waals surface area contributed by atoms with Gasteiger partial charge in [0, 0.05) is 0 Å². The Morgan fingerprint density at radius 1 is 1.14 bits per heavy atom. The third-order valence-electron chi connectivity index (χ3n) is 1.70. The van der Waals surface area contributed by atoms with Gasteiger partial charge in [-0.25, -0.2) is 0 Å². The number of phenols is 1. The number of rotatable bonds is 3. The lowest BCUT2D eigenvalue weighted by atomic mass is 9.99. The van der Waals surface area contributed by atoms with E-state index in [4.69, 9.17) is 15.3 Å². The van der Waals surface area contributed by atoms with Crippen molar-refractivity contribution in [1.29, 1.82) is 0 Å². The molecule has 0 unspecified atom stereocenters. The molecule has 0 aliphatic rings. The summed E-state index contributed by atoms with van der Waals surface area (Å²) in [7, 11) is 0. The Labute approximate surface area is 79.2 Å². The van der Waals surface area contributed by atoms with E-state index < -0.39 is 17.9 Å². The van der Waals surface area contributed by atoms with Crippen molar-refractivity contribution in [2.24, 2.45) is 0 Å². The second kappa shape index (κ2) is 3.78. The summed E-state index contributed by atoms with van der Waals surface area (Å²) < 4.78 is 0. The van der Waals surface area contributed by atoms with Crippen LogP contribution in [0.4, 0.5) is 0 Å². The summed E-state index contributed by atoms with van der Waals surface area (Å²) in [6.45, 7) is 0. The van der Waals surface area contributed by atoms with Crippen LogP contribution in [0, 0.1) is 0 Å². The molecule has 0 saturated carbocycles. The molecule has 14 heavy (non-hydrogen) atoms. The van der Waals surface area contributed by atoms with Crippen molar-refractivity contribution in [1.82, 2.24) is 0 Å². The predicted molar refractivity (Wildman–Crippen MR) is 46.1 cm³/mol. The fourth-order valence-corrected chi connectivity index (χ4v) is 1.10. The number of carboxylic acid groups (broad SMARTS) is 2. The zero-order valence-electron chi connectivity index (χ0n) is 7.04. The van der Waals surface area contributed by atoms with Crippen LogP contribution in [0.3, 0.4) is 0 Å². The van der Waals surface area contributed by atoms with E-state index in [9.17, 15) is 9.59 Å². The van der Waals surface area contributed by atoms with Crippen molar-refractivity contribution >= 4 is 11.9 Å². The third-order valence-corrected chi connectivity index (χ3v) is 1.70. The highest BCUT2D eigenvalue weighted by Gasteiger charge is 2.27. The molecule has 74 valence electrons. The highest BCUT2D eigenvalue weighted by atomic mass is 16.4. The zero-order chi connectivity index (χ0) is 10.7. The number of hydrogen-bond donors (Lipinski definition) is 3. The van der Waals surface area contributed by atoms with E-state index in [2.05, 4.69) is 0 Å². The summed E-state index contributed by atoms with van der Waals surface area (Å²) in [5.74, 6) is -4.71. The highest BCUT2D eigenvalue weighted by molar-refractivity contribution is 5.99. The van der Waals surface area contributed by atoms with Gasteiger partial charge in [-0.2, -0.15) is 0 Å². The minimum atomic E-state index is -1.64. The van der Waals surface area contributed by atoms with E-state index in [0.29, 0.717) is 0 Å². The molecule has 0 aliphatic heterocycles. The molecule has 0 amide bonds. The topological polar surface area (TPSA) is 94.8 Å². The molecule has 0 spiro atoms. The van der Waals surface area contributed by atoms with Crippen molar-refractivity contribution < 1.29 is 24.9 Å². The third kappa shape index (κ3) is 2.01. The van der Waals surface area contributed by atoms with Gasteiger partial charge < -0.3 is 15.3 Å². The average molecular weight is 196 g/mol. The van der Waals surface area contributed by atoms with Gasteiger partial charge in [0.1, 0.15) is 5.75 Å². The fraction of sp³-hybridized carbons (Fsp3) is 0.111. The van der Waals surface area contributed by atoms with E-state index >= 15 is 0 Å². The number of aliphatic carboxylic acids is 2. The summed E-state index contributed by atoms with van der Waals surface area (Å²) in [5.41, 5.74) is 0.0463.